The van der Waals surface area contributed by atoms with Gasteiger partial charge in [-0.15, -0.1) is 11.3 Å². The monoisotopic (exact) mass is 252 g/mol. The van der Waals surface area contributed by atoms with E-state index in [0.29, 0.717) is 6.42 Å². The summed E-state index contributed by atoms with van der Waals surface area (Å²) in [5.41, 5.74) is 1.22. The molecule has 1 aliphatic carbocycles. The van der Waals surface area contributed by atoms with E-state index < -0.39 is 0 Å². The molecule has 0 spiro atoms. The fraction of sp³-hybridized carbons (Fsp3) is 0.692. The Labute approximate surface area is 107 Å². The molecule has 1 N–H and O–H groups in total. The minimum atomic E-state index is 0.107. The summed E-state index contributed by atoms with van der Waals surface area (Å²) in [5.74, 6) is 0.107. The van der Waals surface area contributed by atoms with Gasteiger partial charge in [0, 0.05) is 11.3 Å². The quantitative estimate of drug-likeness (QED) is 0.833. The lowest BCUT2D eigenvalue weighted by atomic mass is 10.2. The molecule has 2 rings (SSSR count). The Morgan fingerprint density at radius 3 is 3.00 bits per heavy atom. The molecule has 94 valence electrons. The fourth-order valence-corrected chi connectivity index (χ4v) is 3.17. The van der Waals surface area contributed by atoms with Gasteiger partial charge in [-0.2, -0.15) is 0 Å². The zero-order valence-corrected chi connectivity index (χ0v) is 11.2. The van der Waals surface area contributed by atoms with Crippen molar-refractivity contribution in [3.8, 4) is 0 Å². The van der Waals surface area contributed by atoms with Gasteiger partial charge >= 0.3 is 0 Å². The van der Waals surface area contributed by atoms with E-state index in [0.717, 1.165) is 30.8 Å². The van der Waals surface area contributed by atoms with Gasteiger partial charge in [-0.1, -0.05) is 19.8 Å². The van der Waals surface area contributed by atoms with Crippen LogP contribution in [0.4, 0.5) is 5.13 Å². The molecule has 0 bridgehead atoms. The van der Waals surface area contributed by atoms with E-state index in [-0.39, 0.29) is 5.91 Å². The number of hydrogen-bond donors (Lipinski definition) is 1. The van der Waals surface area contributed by atoms with E-state index in [4.69, 9.17) is 0 Å². The molecule has 1 amide bonds. The van der Waals surface area contributed by atoms with Gasteiger partial charge in [-0.05, 0) is 32.1 Å². The molecule has 3 nitrogen and oxygen atoms in total. The van der Waals surface area contributed by atoms with Crippen LogP contribution in [0, 0.1) is 0 Å². The van der Waals surface area contributed by atoms with Crippen molar-refractivity contribution in [1.29, 1.82) is 0 Å². The van der Waals surface area contributed by atoms with Crippen molar-refractivity contribution < 1.29 is 4.79 Å². The second kappa shape index (κ2) is 6.15. The van der Waals surface area contributed by atoms with E-state index in [9.17, 15) is 4.79 Å². The average Bonchev–Trinajstić information content (AvgIpc) is 2.56. The van der Waals surface area contributed by atoms with E-state index in [1.54, 1.807) is 11.3 Å². The molecule has 0 atom stereocenters. The number of hydrogen-bond acceptors (Lipinski definition) is 3. The second-order valence-corrected chi connectivity index (χ2v) is 5.68. The summed E-state index contributed by atoms with van der Waals surface area (Å²) < 4.78 is 0. The molecule has 0 radical (unpaired) electrons. The zero-order chi connectivity index (χ0) is 12.1. The first-order chi connectivity index (χ1) is 8.29. The van der Waals surface area contributed by atoms with Crippen LogP contribution in [0.15, 0.2) is 0 Å². The molecule has 1 aromatic rings. The number of fused-ring (bicyclic) bond motifs is 1. The van der Waals surface area contributed by atoms with Gasteiger partial charge in [0.15, 0.2) is 5.13 Å². The number of unbranched alkanes of at least 4 members (excludes halogenated alkanes) is 1. The average molecular weight is 252 g/mol. The van der Waals surface area contributed by atoms with E-state index in [2.05, 4.69) is 17.2 Å². The SMILES string of the molecule is CCCCC(=O)Nc1nc2c(s1)CCCCC2. The molecule has 0 aliphatic heterocycles. The second-order valence-electron chi connectivity index (χ2n) is 4.60. The highest BCUT2D eigenvalue weighted by atomic mass is 32.1. The van der Waals surface area contributed by atoms with Crippen molar-refractivity contribution in [2.45, 2.75) is 58.3 Å². The molecule has 1 heterocycles. The fourth-order valence-electron chi connectivity index (χ4n) is 2.10. The first-order valence-corrected chi connectivity index (χ1v) is 7.39. The lowest BCUT2D eigenvalue weighted by molar-refractivity contribution is -0.116. The highest BCUT2D eigenvalue weighted by Gasteiger charge is 2.14. The molecule has 0 aromatic carbocycles. The predicted octanol–water partition coefficient (Wildman–Crippen LogP) is 3.54. The molecule has 1 aromatic heterocycles. The maximum Gasteiger partial charge on any atom is 0.226 e. The number of nitrogens with one attached hydrogen (secondary N) is 1. The number of thiazole rings is 1. The Bertz CT molecular complexity index is 363. The number of rotatable bonds is 4. The molecular weight excluding hydrogens is 232 g/mol. The summed E-state index contributed by atoms with van der Waals surface area (Å²) in [6.07, 6.45) is 8.65. The maximum atomic E-state index is 11.6. The minimum absolute atomic E-state index is 0.107. The summed E-state index contributed by atoms with van der Waals surface area (Å²) in [6.45, 7) is 2.10. The Morgan fingerprint density at radius 2 is 2.18 bits per heavy atom. The van der Waals surface area contributed by atoms with Crippen molar-refractivity contribution in [3.05, 3.63) is 10.6 Å². The van der Waals surface area contributed by atoms with E-state index in [1.165, 1.54) is 29.8 Å². The molecular formula is C13H20N2OS. The smallest absolute Gasteiger partial charge is 0.226 e. The lowest BCUT2D eigenvalue weighted by Gasteiger charge is -1.99. The van der Waals surface area contributed by atoms with Crippen LogP contribution in [0.2, 0.25) is 0 Å². The Hall–Kier alpha value is -0.900. The Balaban J connectivity index is 1.95. The summed E-state index contributed by atoms with van der Waals surface area (Å²) in [6, 6.07) is 0. The molecule has 0 saturated heterocycles. The van der Waals surface area contributed by atoms with E-state index >= 15 is 0 Å². The van der Waals surface area contributed by atoms with Crippen molar-refractivity contribution in [3.63, 3.8) is 0 Å². The largest absolute Gasteiger partial charge is 0.302 e. The third-order valence-corrected chi connectivity index (χ3v) is 4.17. The molecule has 0 unspecified atom stereocenters. The molecule has 0 fully saturated rings. The third-order valence-electron chi connectivity index (χ3n) is 3.10. The third kappa shape index (κ3) is 3.53. The summed E-state index contributed by atoms with van der Waals surface area (Å²) >= 11 is 1.67. The van der Waals surface area contributed by atoms with Crippen LogP contribution in [0.3, 0.4) is 0 Å². The number of anilines is 1. The lowest BCUT2D eigenvalue weighted by Crippen LogP contribution is -2.10. The van der Waals surface area contributed by atoms with Crippen LogP contribution >= 0.6 is 11.3 Å². The molecule has 17 heavy (non-hydrogen) atoms. The highest BCUT2D eigenvalue weighted by molar-refractivity contribution is 7.15. The Morgan fingerprint density at radius 1 is 1.35 bits per heavy atom. The molecule has 4 heteroatoms. The van der Waals surface area contributed by atoms with Crippen molar-refractivity contribution in [2.75, 3.05) is 5.32 Å². The number of nitrogens with zero attached hydrogens (tertiary/aromatic N) is 1. The van der Waals surface area contributed by atoms with Crippen LogP contribution in [-0.4, -0.2) is 10.9 Å². The first kappa shape index (κ1) is 12.6. The maximum absolute atomic E-state index is 11.6. The van der Waals surface area contributed by atoms with Crippen LogP contribution in [0.5, 0.6) is 0 Å². The molecule has 0 saturated carbocycles. The summed E-state index contributed by atoms with van der Waals surface area (Å²) in [7, 11) is 0. The zero-order valence-electron chi connectivity index (χ0n) is 10.4. The van der Waals surface area contributed by atoms with Crippen molar-refractivity contribution in [2.24, 2.45) is 0 Å². The van der Waals surface area contributed by atoms with E-state index in [1.807, 2.05) is 0 Å². The van der Waals surface area contributed by atoms with Gasteiger partial charge in [0.2, 0.25) is 5.91 Å². The number of aryl methyl sites for hydroxylation is 2. The van der Waals surface area contributed by atoms with Crippen LogP contribution < -0.4 is 5.32 Å². The van der Waals surface area contributed by atoms with Crippen molar-refractivity contribution in [1.82, 2.24) is 4.98 Å². The topological polar surface area (TPSA) is 42.0 Å². The summed E-state index contributed by atoms with van der Waals surface area (Å²) in [4.78, 5) is 17.5. The highest BCUT2D eigenvalue weighted by Crippen LogP contribution is 2.28. The summed E-state index contributed by atoms with van der Waals surface area (Å²) in [5, 5.41) is 3.73. The van der Waals surface area contributed by atoms with Crippen LogP contribution in [0.25, 0.3) is 0 Å². The van der Waals surface area contributed by atoms with Gasteiger partial charge in [0.1, 0.15) is 0 Å². The molecule has 1 aliphatic rings. The number of carbonyl (C=O) groups excluding carboxylic acids is 1. The van der Waals surface area contributed by atoms with Gasteiger partial charge in [-0.25, -0.2) is 4.98 Å². The minimum Gasteiger partial charge on any atom is -0.302 e. The number of amides is 1. The van der Waals surface area contributed by atoms with Gasteiger partial charge < -0.3 is 5.32 Å². The van der Waals surface area contributed by atoms with Crippen LogP contribution in [-0.2, 0) is 17.6 Å². The number of carbonyl (C=O) groups is 1. The Kier molecular flexibility index (Phi) is 4.54. The van der Waals surface area contributed by atoms with Gasteiger partial charge in [-0.3, -0.25) is 4.79 Å². The number of aromatic nitrogens is 1. The normalized spacial score (nSPS) is 15.1. The van der Waals surface area contributed by atoms with Gasteiger partial charge in [0.25, 0.3) is 0 Å². The van der Waals surface area contributed by atoms with Crippen LogP contribution in [0.1, 0.15) is 56.0 Å². The predicted molar refractivity (Wildman–Crippen MR) is 71.5 cm³/mol. The first-order valence-electron chi connectivity index (χ1n) is 6.58. The standard InChI is InChI=1S/C13H20N2OS/c1-2-3-9-12(16)15-13-14-10-7-5-4-6-8-11(10)17-13/h2-9H2,1H3,(H,14,15,16). The van der Waals surface area contributed by atoms with Crippen molar-refractivity contribution >= 4 is 22.4 Å². The van der Waals surface area contributed by atoms with Gasteiger partial charge in [0.05, 0.1) is 5.69 Å².